The summed E-state index contributed by atoms with van der Waals surface area (Å²) < 4.78 is 13.4. The molecule has 2 rings (SSSR count). The zero-order valence-electron chi connectivity index (χ0n) is 9.92. The topological polar surface area (TPSA) is 28.2 Å². The van der Waals surface area contributed by atoms with Crippen LogP contribution in [-0.4, -0.2) is 24.7 Å². The Balaban J connectivity index is 2.25. The summed E-state index contributed by atoms with van der Waals surface area (Å²) in [5, 5.41) is 3.20. The lowest BCUT2D eigenvalue weighted by atomic mass is 10.2. The third kappa shape index (κ3) is 2.87. The lowest BCUT2D eigenvalue weighted by Gasteiger charge is -2.31. The predicted molar refractivity (Wildman–Crippen MR) is 67.9 cm³/mol. The Kier molecular flexibility index (Phi) is 4.18. The third-order valence-electron chi connectivity index (χ3n) is 3.20. The van der Waals surface area contributed by atoms with E-state index in [0.717, 1.165) is 25.1 Å². The van der Waals surface area contributed by atoms with E-state index in [0.29, 0.717) is 0 Å². The van der Waals surface area contributed by atoms with Crippen LogP contribution in [-0.2, 0) is 0 Å². The average Bonchev–Trinajstić information content (AvgIpc) is 2.57. The van der Waals surface area contributed by atoms with E-state index in [1.807, 2.05) is 7.05 Å². The fraction of sp³-hybridized carbons (Fsp3) is 0.583. The number of pyridine rings is 1. The Morgan fingerprint density at radius 1 is 1.47 bits per heavy atom. The molecule has 1 saturated heterocycles. The molecular formula is C12H17ClFN3. The minimum Gasteiger partial charge on any atom is -0.355 e. The third-order valence-corrected chi connectivity index (χ3v) is 3.48. The molecule has 1 unspecified atom stereocenters. The Labute approximate surface area is 106 Å². The monoisotopic (exact) mass is 257 g/mol. The maximum Gasteiger partial charge on any atom is 0.164 e. The molecule has 1 fully saturated rings. The van der Waals surface area contributed by atoms with Crippen LogP contribution in [0.3, 0.4) is 0 Å². The van der Waals surface area contributed by atoms with Gasteiger partial charge in [-0.05, 0) is 26.3 Å². The molecule has 0 bridgehead atoms. The fourth-order valence-electron chi connectivity index (χ4n) is 2.29. The van der Waals surface area contributed by atoms with E-state index < -0.39 is 5.82 Å². The van der Waals surface area contributed by atoms with Gasteiger partial charge in [0.15, 0.2) is 11.0 Å². The van der Waals surface area contributed by atoms with E-state index in [1.54, 1.807) is 6.20 Å². The lowest BCUT2D eigenvalue weighted by Crippen LogP contribution is -2.43. The van der Waals surface area contributed by atoms with Crippen molar-refractivity contribution in [2.75, 3.05) is 18.5 Å². The van der Waals surface area contributed by atoms with Crippen LogP contribution in [0.5, 0.6) is 0 Å². The van der Waals surface area contributed by atoms with E-state index in [9.17, 15) is 4.39 Å². The summed E-state index contributed by atoms with van der Waals surface area (Å²) in [5.41, 5.74) is 0.799. The van der Waals surface area contributed by atoms with E-state index in [1.165, 1.54) is 18.9 Å². The summed E-state index contributed by atoms with van der Waals surface area (Å²) in [6.07, 6.45) is 6.51. The molecule has 1 atom stereocenters. The van der Waals surface area contributed by atoms with Crippen LogP contribution in [0, 0.1) is 5.82 Å². The summed E-state index contributed by atoms with van der Waals surface area (Å²) in [7, 11) is 1.93. The Hall–Kier alpha value is -0.870. The molecule has 0 aliphatic carbocycles. The summed E-state index contributed by atoms with van der Waals surface area (Å²) >= 11 is 5.60. The van der Waals surface area contributed by atoms with Gasteiger partial charge < -0.3 is 10.2 Å². The first-order valence-corrected chi connectivity index (χ1v) is 6.35. The van der Waals surface area contributed by atoms with E-state index in [4.69, 9.17) is 11.6 Å². The molecule has 1 aromatic rings. The standard InChI is InChI=1S/C12H17ClFN3/c1-15-11-5-3-2-4-6-17(11)9-7-10(14)12(13)16-8-9/h7-8,11,15H,2-6H2,1H3. The van der Waals surface area contributed by atoms with Crippen molar-refractivity contribution in [3.8, 4) is 0 Å². The van der Waals surface area contributed by atoms with Crippen LogP contribution in [0.15, 0.2) is 12.3 Å². The molecule has 1 aromatic heterocycles. The van der Waals surface area contributed by atoms with Gasteiger partial charge in [0.2, 0.25) is 0 Å². The van der Waals surface area contributed by atoms with E-state index >= 15 is 0 Å². The zero-order chi connectivity index (χ0) is 12.3. The zero-order valence-corrected chi connectivity index (χ0v) is 10.7. The van der Waals surface area contributed by atoms with Crippen molar-refractivity contribution in [1.82, 2.24) is 10.3 Å². The molecule has 1 aliphatic rings. The summed E-state index contributed by atoms with van der Waals surface area (Å²) in [6.45, 7) is 0.925. The normalized spacial score (nSPS) is 21.4. The van der Waals surface area contributed by atoms with Crippen molar-refractivity contribution in [3.05, 3.63) is 23.2 Å². The van der Waals surface area contributed by atoms with Crippen molar-refractivity contribution < 1.29 is 4.39 Å². The molecule has 0 aromatic carbocycles. The number of halogens is 2. The van der Waals surface area contributed by atoms with Crippen molar-refractivity contribution in [2.45, 2.75) is 31.8 Å². The van der Waals surface area contributed by atoms with Crippen molar-refractivity contribution in [2.24, 2.45) is 0 Å². The molecule has 2 heterocycles. The first-order valence-electron chi connectivity index (χ1n) is 5.97. The number of anilines is 1. The van der Waals surface area contributed by atoms with Gasteiger partial charge in [-0.25, -0.2) is 9.37 Å². The number of rotatable bonds is 2. The Morgan fingerprint density at radius 3 is 3.00 bits per heavy atom. The molecule has 0 saturated carbocycles. The van der Waals surface area contributed by atoms with Gasteiger partial charge in [-0.2, -0.15) is 0 Å². The highest BCUT2D eigenvalue weighted by molar-refractivity contribution is 6.29. The minimum atomic E-state index is -0.455. The molecule has 94 valence electrons. The van der Waals surface area contributed by atoms with Crippen LogP contribution in [0.25, 0.3) is 0 Å². The second-order valence-corrected chi connectivity index (χ2v) is 4.67. The quantitative estimate of drug-likeness (QED) is 0.826. The smallest absolute Gasteiger partial charge is 0.164 e. The molecule has 3 nitrogen and oxygen atoms in total. The van der Waals surface area contributed by atoms with Gasteiger partial charge >= 0.3 is 0 Å². The molecule has 0 amide bonds. The first-order chi connectivity index (χ1) is 8.22. The molecule has 0 radical (unpaired) electrons. The second-order valence-electron chi connectivity index (χ2n) is 4.31. The van der Waals surface area contributed by atoms with Gasteiger partial charge in [-0.15, -0.1) is 0 Å². The maximum absolute atomic E-state index is 13.4. The predicted octanol–water partition coefficient (Wildman–Crippen LogP) is 2.80. The van der Waals surface area contributed by atoms with Crippen LogP contribution < -0.4 is 10.2 Å². The van der Waals surface area contributed by atoms with Crippen molar-refractivity contribution in [1.29, 1.82) is 0 Å². The summed E-state index contributed by atoms with van der Waals surface area (Å²) in [4.78, 5) is 6.04. The highest BCUT2D eigenvalue weighted by Gasteiger charge is 2.20. The molecule has 1 aliphatic heterocycles. The van der Waals surface area contributed by atoms with Gasteiger partial charge in [-0.1, -0.05) is 18.0 Å². The maximum atomic E-state index is 13.4. The molecular weight excluding hydrogens is 241 g/mol. The average molecular weight is 258 g/mol. The number of nitrogens with one attached hydrogen (secondary N) is 1. The summed E-state index contributed by atoms with van der Waals surface area (Å²) in [6, 6.07) is 1.46. The Bertz CT molecular complexity index is 386. The number of aromatic nitrogens is 1. The van der Waals surface area contributed by atoms with E-state index in [-0.39, 0.29) is 11.3 Å². The molecule has 17 heavy (non-hydrogen) atoms. The number of nitrogens with zero attached hydrogens (tertiary/aromatic N) is 2. The van der Waals surface area contributed by atoms with Crippen LogP contribution in [0.4, 0.5) is 10.1 Å². The van der Waals surface area contributed by atoms with Crippen LogP contribution >= 0.6 is 11.6 Å². The van der Waals surface area contributed by atoms with Gasteiger partial charge in [0.25, 0.3) is 0 Å². The van der Waals surface area contributed by atoms with Gasteiger partial charge in [0.05, 0.1) is 18.1 Å². The van der Waals surface area contributed by atoms with Gasteiger partial charge in [0, 0.05) is 12.6 Å². The second kappa shape index (κ2) is 5.65. The van der Waals surface area contributed by atoms with Gasteiger partial charge in [0.1, 0.15) is 0 Å². The number of hydrogen-bond acceptors (Lipinski definition) is 3. The van der Waals surface area contributed by atoms with Crippen LogP contribution in [0.2, 0.25) is 5.15 Å². The lowest BCUT2D eigenvalue weighted by molar-refractivity contribution is 0.506. The highest BCUT2D eigenvalue weighted by atomic mass is 35.5. The largest absolute Gasteiger partial charge is 0.355 e. The fourth-order valence-corrected chi connectivity index (χ4v) is 2.39. The number of hydrogen-bond donors (Lipinski definition) is 1. The van der Waals surface area contributed by atoms with Gasteiger partial charge in [-0.3, -0.25) is 0 Å². The van der Waals surface area contributed by atoms with Crippen LogP contribution in [0.1, 0.15) is 25.7 Å². The molecule has 5 heteroatoms. The Morgan fingerprint density at radius 2 is 2.29 bits per heavy atom. The molecule has 1 N–H and O–H groups in total. The van der Waals surface area contributed by atoms with Crippen molar-refractivity contribution >= 4 is 17.3 Å². The SMILES string of the molecule is CNC1CCCCCN1c1cnc(Cl)c(F)c1. The van der Waals surface area contributed by atoms with Crippen molar-refractivity contribution in [3.63, 3.8) is 0 Å². The highest BCUT2D eigenvalue weighted by Crippen LogP contribution is 2.24. The van der Waals surface area contributed by atoms with E-state index in [2.05, 4.69) is 15.2 Å². The first kappa shape index (κ1) is 12.6. The minimum absolute atomic E-state index is 0.0652. The molecule has 0 spiro atoms. The summed E-state index contributed by atoms with van der Waals surface area (Å²) in [5.74, 6) is -0.455.